The quantitative estimate of drug-likeness (QED) is 0.874. The van der Waals surface area contributed by atoms with Crippen molar-refractivity contribution >= 4 is 11.9 Å². The van der Waals surface area contributed by atoms with Gasteiger partial charge in [0, 0.05) is 32.0 Å². The average molecular weight is 351 g/mol. The smallest absolute Gasteiger partial charge is 0.311 e. The van der Waals surface area contributed by atoms with Crippen molar-refractivity contribution in [2.75, 3.05) is 33.4 Å². The summed E-state index contributed by atoms with van der Waals surface area (Å²) in [4.78, 5) is 25.9. The van der Waals surface area contributed by atoms with Gasteiger partial charge in [-0.2, -0.15) is 0 Å². The minimum atomic E-state index is -0.889. The summed E-state index contributed by atoms with van der Waals surface area (Å²) in [6.45, 7) is 1.42. The summed E-state index contributed by atoms with van der Waals surface area (Å²) in [7, 11) is 1.40. The number of nitrogens with zero attached hydrogens (tertiary/aromatic N) is 1. The zero-order chi connectivity index (χ0) is 18.0. The van der Waals surface area contributed by atoms with Gasteiger partial charge in [-0.15, -0.1) is 0 Å². The molecule has 0 radical (unpaired) electrons. The van der Waals surface area contributed by atoms with Crippen LogP contribution in [0, 0.1) is 17.2 Å². The summed E-state index contributed by atoms with van der Waals surface area (Å²) in [6.07, 6.45) is 1.05. The van der Waals surface area contributed by atoms with E-state index in [0.717, 1.165) is 0 Å². The lowest BCUT2D eigenvalue weighted by Gasteiger charge is -2.33. The monoisotopic (exact) mass is 351 g/mol. The SMILES string of the molecule is COc1ccc(CCC(=O)N2C[C@H]3COCC[C@@]3(C(=O)O)C2)cc1F. The zero-order valence-corrected chi connectivity index (χ0v) is 14.2. The summed E-state index contributed by atoms with van der Waals surface area (Å²) in [6, 6.07) is 4.63. The normalized spacial score (nSPS) is 25.5. The van der Waals surface area contributed by atoms with Gasteiger partial charge in [0.25, 0.3) is 0 Å². The molecule has 2 heterocycles. The van der Waals surface area contributed by atoms with Crippen LogP contribution in [0.1, 0.15) is 18.4 Å². The van der Waals surface area contributed by atoms with Crippen LogP contribution in [0.5, 0.6) is 5.75 Å². The van der Waals surface area contributed by atoms with Crippen LogP contribution in [0.3, 0.4) is 0 Å². The predicted molar refractivity (Wildman–Crippen MR) is 86.8 cm³/mol. The van der Waals surface area contributed by atoms with Gasteiger partial charge < -0.3 is 19.5 Å². The molecule has 0 aliphatic carbocycles. The molecule has 1 N–H and O–H groups in total. The third kappa shape index (κ3) is 3.33. The van der Waals surface area contributed by atoms with Crippen molar-refractivity contribution in [3.63, 3.8) is 0 Å². The average Bonchev–Trinajstić information content (AvgIpc) is 3.01. The molecule has 25 heavy (non-hydrogen) atoms. The van der Waals surface area contributed by atoms with Crippen LogP contribution in [-0.2, 0) is 20.7 Å². The Labute approximate surface area is 145 Å². The second kappa shape index (κ2) is 7.00. The molecular formula is C18H22FNO5. The van der Waals surface area contributed by atoms with Crippen LogP contribution in [0.4, 0.5) is 4.39 Å². The summed E-state index contributed by atoms with van der Waals surface area (Å²) >= 11 is 0. The number of aliphatic carboxylic acids is 1. The molecule has 2 aliphatic rings. The molecule has 2 atom stereocenters. The molecule has 2 fully saturated rings. The minimum Gasteiger partial charge on any atom is -0.494 e. The van der Waals surface area contributed by atoms with Crippen LogP contribution >= 0.6 is 0 Å². The Balaban J connectivity index is 1.62. The van der Waals surface area contributed by atoms with Crippen LogP contribution in [0.2, 0.25) is 0 Å². The first-order chi connectivity index (χ1) is 12.0. The molecule has 3 rings (SSSR count). The van der Waals surface area contributed by atoms with Gasteiger partial charge in [-0.3, -0.25) is 9.59 Å². The fourth-order valence-electron chi connectivity index (χ4n) is 3.76. The molecule has 2 aliphatic heterocycles. The Kier molecular flexibility index (Phi) is 4.94. The number of amides is 1. The first-order valence-corrected chi connectivity index (χ1v) is 8.37. The minimum absolute atomic E-state index is 0.105. The first kappa shape index (κ1) is 17.7. The fourth-order valence-corrected chi connectivity index (χ4v) is 3.76. The van der Waals surface area contributed by atoms with E-state index in [4.69, 9.17) is 9.47 Å². The highest BCUT2D eigenvalue weighted by molar-refractivity contribution is 5.81. The number of carbonyl (C=O) groups is 2. The van der Waals surface area contributed by atoms with Gasteiger partial charge in [-0.25, -0.2) is 4.39 Å². The number of rotatable bonds is 5. The maximum Gasteiger partial charge on any atom is 0.311 e. The van der Waals surface area contributed by atoms with Crippen molar-refractivity contribution in [3.8, 4) is 5.75 Å². The maximum atomic E-state index is 13.7. The number of hydrogen-bond donors (Lipinski definition) is 1. The van der Waals surface area contributed by atoms with Crippen LogP contribution in [-0.4, -0.2) is 55.3 Å². The molecule has 136 valence electrons. The molecule has 6 nitrogen and oxygen atoms in total. The van der Waals surface area contributed by atoms with E-state index in [-0.39, 0.29) is 30.5 Å². The van der Waals surface area contributed by atoms with Crippen LogP contribution in [0.15, 0.2) is 18.2 Å². The Bertz CT molecular complexity index is 679. The van der Waals surface area contributed by atoms with E-state index in [1.807, 2.05) is 0 Å². The number of benzene rings is 1. The summed E-state index contributed by atoms with van der Waals surface area (Å²) in [5, 5.41) is 9.64. The summed E-state index contributed by atoms with van der Waals surface area (Å²) in [5.74, 6) is -1.41. The van der Waals surface area contributed by atoms with Crippen molar-refractivity contribution in [1.82, 2.24) is 4.90 Å². The highest BCUT2D eigenvalue weighted by Gasteiger charge is 2.54. The standard InChI is InChI=1S/C18H22FNO5/c1-24-15-4-2-12(8-14(15)19)3-5-16(21)20-9-13-10-25-7-6-18(13,11-20)17(22)23/h2,4,8,13H,3,5-7,9-11H2,1H3,(H,22,23)/t13-,18+/m0/s1. The molecule has 0 unspecified atom stereocenters. The van der Waals surface area contributed by atoms with Gasteiger partial charge in [-0.1, -0.05) is 6.07 Å². The predicted octanol–water partition coefficient (Wildman–Crippen LogP) is 1.72. The number of hydrogen-bond acceptors (Lipinski definition) is 4. The van der Waals surface area contributed by atoms with Gasteiger partial charge in [0.1, 0.15) is 0 Å². The Morgan fingerprint density at radius 3 is 2.92 bits per heavy atom. The molecule has 1 aromatic carbocycles. The lowest BCUT2D eigenvalue weighted by Crippen LogP contribution is -2.45. The third-order valence-corrected chi connectivity index (χ3v) is 5.33. The van der Waals surface area contributed by atoms with Crippen molar-refractivity contribution in [3.05, 3.63) is 29.6 Å². The second-order valence-electron chi connectivity index (χ2n) is 6.73. The molecule has 1 amide bonds. The van der Waals surface area contributed by atoms with Crippen molar-refractivity contribution in [2.24, 2.45) is 11.3 Å². The van der Waals surface area contributed by atoms with E-state index >= 15 is 0 Å². The topological polar surface area (TPSA) is 76.1 Å². The summed E-state index contributed by atoms with van der Waals surface area (Å²) < 4.78 is 24.0. The number of carbonyl (C=O) groups excluding carboxylic acids is 1. The molecule has 2 saturated heterocycles. The number of methoxy groups -OCH3 is 1. The second-order valence-corrected chi connectivity index (χ2v) is 6.73. The first-order valence-electron chi connectivity index (χ1n) is 8.37. The molecule has 1 aromatic rings. The lowest BCUT2D eigenvalue weighted by molar-refractivity contribution is -0.157. The maximum absolute atomic E-state index is 13.7. The number of carboxylic acids is 1. The lowest BCUT2D eigenvalue weighted by atomic mass is 9.74. The van der Waals surface area contributed by atoms with Gasteiger partial charge in [0.15, 0.2) is 11.6 Å². The number of carboxylic acid groups (broad SMARTS) is 1. The largest absolute Gasteiger partial charge is 0.494 e. The molecule has 0 saturated carbocycles. The van der Waals surface area contributed by atoms with Crippen LogP contribution < -0.4 is 4.74 Å². The Morgan fingerprint density at radius 1 is 1.48 bits per heavy atom. The fraction of sp³-hybridized carbons (Fsp3) is 0.556. The number of ether oxygens (including phenoxy) is 2. The number of aryl methyl sites for hydroxylation is 1. The molecule has 0 spiro atoms. The van der Waals surface area contributed by atoms with Crippen molar-refractivity contribution in [1.29, 1.82) is 0 Å². The van der Waals surface area contributed by atoms with E-state index in [2.05, 4.69) is 0 Å². The van der Waals surface area contributed by atoms with Gasteiger partial charge in [0.2, 0.25) is 5.91 Å². The van der Waals surface area contributed by atoms with E-state index in [0.29, 0.717) is 38.2 Å². The highest BCUT2D eigenvalue weighted by Crippen LogP contribution is 2.42. The van der Waals surface area contributed by atoms with Crippen molar-refractivity contribution in [2.45, 2.75) is 19.3 Å². The van der Waals surface area contributed by atoms with Gasteiger partial charge >= 0.3 is 5.97 Å². The number of halogens is 1. The third-order valence-electron chi connectivity index (χ3n) is 5.33. The Morgan fingerprint density at radius 2 is 2.28 bits per heavy atom. The molecule has 7 heteroatoms. The number of likely N-dealkylation sites (tertiary alicyclic amines) is 1. The number of fused-ring (bicyclic) bond motifs is 1. The molecular weight excluding hydrogens is 329 g/mol. The Hall–Kier alpha value is -2.15. The molecule has 0 bridgehead atoms. The zero-order valence-electron chi connectivity index (χ0n) is 14.2. The molecule has 0 aromatic heterocycles. The van der Waals surface area contributed by atoms with Crippen LogP contribution in [0.25, 0.3) is 0 Å². The summed E-state index contributed by atoms with van der Waals surface area (Å²) in [5.41, 5.74) is -0.181. The van der Waals surface area contributed by atoms with E-state index in [9.17, 15) is 19.1 Å². The van der Waals surface area contributed by atoms with Crippen molar-refractivity contribution < 1.29 is 28.6 Å². The van der Waals surface area contributed by atoms with Gasteiger partial charge in [-0.05, 0) is 30.5 Å². The van der Waals surface area contributed by atoms with E-state index in [1.165, 1.54) is 19.2 Å². The van der Waals surface area contributed by atoms with Gasteiger partial charge in [0.05, 0.1) is 19.1 Å². The van der Waals surface area contributed by atoms with E-state index < -0.39 is 17.2 Å². The highest BCUT2D eigenvalue weighted by atomic mass is 19.1. The van der Waals surface area contributed by atoms with E-state index in [1.54, 1.807) is 11.0 Å².